The lowest BCUT2D eigenvalue weighted by atomic mass is 10.1. The molecule has 0 bridgehead atoms. The van der Waals surface area contributed by atoms with Gasteiger partial charge in [0.15, 0.2) is 0 Å². The van der Waals surface area contributed by atoms with Crippen molar-refractivity contribution >= 4 is 34.2 Å². The second-order valence-electron chi connectivity index (χ2n) is 2.76. The van der Waals surface area contributed by atoms with E-state index in [1.54, 1.807) is 12.4 Å². The summed E-state index contributed by atoms with van der Waals surface area (Å²) in [6, 6.07) is 8.20. The topological polar surface area (TPSA) is 26.3 Å². The fraction of sp³-hybridized carbons (Fsp3) is 0. The fourth-order valence-electron chi connectivity index (χ4n) is 1.20. The Morgan fingerprint density at radius 2 is 2.07 bits per heavy atom. The highest BCUT2D eigenvalue weighted by Gasteiger charge is 2.09. The first-order chi connectivity index (χ1) is 6.88. The molecule has 0 radical (unpaired) electrons. The van der Waals surface area contributed by atoms with Crippen LogP contribution in [0.1, 0.15) is 5.56 Å². The second kappa shape index (κ2) is 6.19. The quantitative estimate of drug-likeness (QED) is 0.502. The van der Waals surface area contributed by atoms with Crippen molar-refractivity contribution in [2.45, 2.75) is 0 Å². The molecule has 0 unspecified atom stereocenters. The molecule has 4 heteroatoms. The van der Waals surface area contributed by atoms with Gasteiger partial charge in [-0.25, -0.2) is 9.98 Å². The van der Waals surface area contributed by atoms with E-state index in [1.807, 2.05) is 18.2 Å². The Kier molecular flexibility index (Phi) is 5.21. The Balaban J connectivity index is 0.00000112. The van der Waals surface area contributed by atoms with Crippen molar-refractivity contribution in [3.8, 4) is 0 Å². The predicted molar refractivity (Wildman–Crippen MR) is 65.4 cm³/mol. The van der Waals surface area contributed by atoms with E-state index in [1.165, 1.54) is 9.13 Å². The van der Waals surface area contributed by atoms with Crippen LogP contribution in [0.4, 0.5) is 0 Å². The van der Waals surface area contributed by atoms with Gasteiger partial charge in [-0.3, -0.25) is 0 Å². The number of rotatable bonds is 1. The summed E-state index contributed by atoms with van der Waals surface area (Å²) in [7, 11) is 0. The zero-order valence-corrected chi connectivity index (χ0v) is 12.1. The summed E-state index contributed by atoms with van der Waals surface area (Å²) in [6.07, 6.45) is 5.38. The van der Waals surface area contributed by atoms with Crippen LogP contribution in [-0.4, -0.2) is 11.6 Å². The van der Waals surface area contributed by atoms with E-state index in [9.17, 15) is 0 Å². The molecular weight excluding hydrogens is 414 g/mol. The van der Waals surface area contributed by atoms with E-state index in [4.69, 9.17) is 0 Å². The third-order valence-corrected chi connectivity index (χ3v) is 2.79. The van der Waals surface area contributed by atoms with Crippen molar-refractivity contribution in [3.63, 3.8) is 0 Å². The predicted octanol–water partition coefficient (Wildman–Crippen LogP) is -2.12. The number of benzene rings is 1. The molecular formula is C11H8I2N2. The molecule has 0 saturated heterocycles. The van der Waals surface area contributed by atoms with E-state index in [0.29, 0.717) is 0 Å². The molecule has 1 aliphatic rings. The molecule has 2 nitrogen and oxygen atoms in total. The average Bonchev–Trinajstić information content (AvgIpc) is 2.47. The van der Waals surface area contributed by atoms with Gasteiger partial charge in [-0.15, -0.1) is 0 Å². The molecule has 0 spiro atoms. The lowest BCUT2D eigenvalue weighted by Gasteiger charge is -1.97. The van der Waals surface area contributed by atoms with Crippen LogP contribution in [0.5, 0.6) is 0 Å². The van der Waals surface area contributed by atoms with Gasteiger partial charge in [-0.05, 0) is 34.7 Å². The summed E-state index contributed by atoms with van der Waals surface area (Å²) < 4.78 is 1.22. The minimum absolute atomic E-state index is 0. The summed E-state index contributed by atoms with van der Waals surface area (Å²) in [6.45, 7) is 0. The van der Waals surface area contributed by atoms with Gasteiger partial charge in [-0.2, -0.15) is 0 Å². The van der Waals surface area contributed by atoms with Crippen molar-refractivity contribution in [1.29, 1.82) is 0 Å². The van der Waals surface area contributed by atoms with Gasteiger partial charge in [0, 0.05) is 15.8 Å². The molecule has 0 saturated carbocycles. The van der Waals surface area contributed by atoms with Crippen molar-refractivity contribution in [3.05, 3.63) is 51.9 Å². The van der Waals surface area contributed by atoms with Crippen LogP contribution in [0.2, 0.25) is 0 Å². The number of halogens is 2. The SMILES string of the molecule is Ic1ccccc1C1=[NH+]C=C=NC=C1.[I-]. The minimum Gasteiger partial charge on any atom is -1.00 e. The molecule has 0 amide bonds. The molecule has 1 aromatic carbocycles. The Hall–Kier alpha value is -0.460. The molecule has 0 fully saturated rings. The second-order valence-corrected chi connectivity index (χ2v) is 3.92. The van der Waals surface area contributed by atoms with Crippen LogP contribution in [-0.2, 0) is 0 Å². The Morgan fingerprint density at radius 1 is 1.27 bits per heavy atom. The standard InChI is InChI=1S/C11H7IN2.HI/c12-10-4-2-1-3-9(10)11-5-6-13-7-8-14-11;/h1-6,8H;1H. The van der Waals surface area contributed by atoms with Gasteiger partial charge in [0.1, 0.15) is 0 Å². The first-order valence-corrected chi connectivity index (χ1v) is 5.28. The van der Waals surface area contributed by atoms with Gasteiger partial charge in [0.2, 0.25) is 11.9 Å². The number of nitrogens with one attached hydrogen (secondary N) is 1. The summed E-state index contributed by atoms with van der Waals surface area (Å²) in [5.74, 6) is 2.75. The average molecular weight is 422 g/mol. The van der Waals surface area contributed by atoms with E-state index in [2.05, 4.69) is 50.6 Å². The highest BCUT2D eigenvalue weighted by molar-refractivity contribution is 14.1. The van der Waals surface area contributed by atoms with E-state index in [0.717, 1.165) is 5.71 Å². The summed E-state index contributed by atoms with van der Waals surface area (Å²) in [5, 5.41) is 0. The normalized spacial score (nSPS) is 13.0. The molecule has 1 aliphatic heterocycles. The molecule has 15 heavy (non-hydrogen) atoms. The number of hydrogen-bond acceptors (Lipinski definition) is 1. The van der Waals surface area contributed by atoms with E-state index >= 15 is 0 Å². The third-order valence-electron chi connectivity index (χ3n) is 1.85. The maximum absolute atomic E-state index is 3.90. The smallest absolute Gasteiger partial charge is 0.230 e. The Labute approximate surface area is 119 Å². The summed E-state index contributed by atoms with van der Waals surface area (Å²) in [4.78, 5) is 7.04. The zero-order valence-electron chi connectivity index (χ0n) is 7.74. The molecule has 76 valence electrons. The molecule has 1 heterocycles. The van der Waals surface area contributed by atoms with Crippen LogP contribution in [0, 0.1) is 3.57 Å². The number of aliphatic imine (C=N–C) groups is 1. The van der Waals surface area contributed by atoms with Crippen LogP contribution in [0.15, 0.2) is 47.7 Å². The first kappa shape index (κ1) is 12.6. The number of nitrogens with zero attached hydrogens (tertiary/aromatic N) is 1. The Morgan fingerprint density at radius 3 is 2.87 bits per heavy atom. The molecule has 1 aromatic rings. The molecule has 0 aromatic heterocycles. The van der Waals surface area contributed by atoms with Gasteiger partial charge >= 0.3 is 0 Å². The van der Waals surface area contributed by atoms with Crippen molar-refractivity contribution < 1.29 is 29.0 Å². The van der Waals surface area contributed by atoms with Crippen LogP contribution >= 0.6 is 22.6 Å². The number of hydrogen-bond donors (Lipinski definition) is 1. The van der Waals surface area contributed by atoms with E-state index in [-0.39, 0.29) is 24.0 Å². The number of allylic oxidation sites excluding steroid dienone is 1. The highest BCUT2D eigenvalue weighted by Crippen LogP contribution is 2.11. The van der Waals surface area contributed by atoms with Crippen molar-refractivity contribution in [2.75, 3.05) is 0 Å². The maximum Gasteiger partial charge on any atom is 0.230 e. The van der Waals surface area contributed by atoms with Crippen molar-refractivity contribution in [1.82, 2.24) is 0 Å². The van der Waals surface area contributed by atoms with Crippen LogP contribution in [0.3, 0.4) is 0 Å². The van der Waals surface area contributed by atoms with Gasteiger partial charge in [0.05, 0.1) is 11.4 Å². The lowest BCUT2D eigenvalue weighted by molar-refractivity contribution is -0.368. The summed E-state index contributed by atoms with van der Waals surface area (Å²) in [5.41, 5.74) is 2.23. The molecule has 1 N–H and O–H groups in total. The van der Waals surface area contributed by atoms with Crippen LogP contribution < -0.4 is 29.0 Å². The zero-order chi connectivity index (χ0) is 9.80. The minimum atomic E-state index is 0. The van der Waals surface area contributed by atoms with Crippen LogP contribution in [0.25, 0.3) is 0 Å². The highest BCUT2D eigenvalue weighted by atomic mass is 127. The van der Waals surface area contributed by atoms with Gasteiger partial charge in [0.25, 0.3) is 0 Å². The van der Waals surface area contributed by atoms with E-state index < -0.39 is 0 Å². The third kappa shape index (κ3) is 3.25. The lowest BCUT2D eigenvalue weighted by Crippen LogP contribution is -3.00. The van der Waals surface area contributed by atoms with Gasteiger partial charge < -0.3 is 24.0 Å². The Bertz CT molecular complexity index is 469. The monoisotopic (exact) mass is 422 g/mol. The summed E-state index contributed by atoms with van der Waals surface area (Å²) >= 11 is 2.32. The molecule has 0 atom stereocenters. The fourth-order valence-corrected chi connectivity index (χ4v) is 1.88. The van der Waals surface area contributed by atoms with Gasteiger partial charge in [-0.1, -0.05) is 12.1 Å². The van der Waals surface area contributed by atoms with Crippen molar-refractivity contribution in [2.24, 2.45) is 4.99 Å². The maximum atomic E-state index is 3.90. The molecule has 2 rings (SSSR count). The largest absolute Gasteiger partial charge is 1.00 e. The molecule has 0 aliphatic carbocycles. The first-order valence-electron chi connectivity index (χ1n) is 4.20.